The molecule has 16 heavy (non-hydrogen) atoms. The molecular weight excluding hydrogens is 196 g/mol. The number of fused-ring (bicyclic) bond motifs is 1. The minimum absolute atomic E-state index is 0.718. The van der Waals surface area contributed by atoms with E-state index in [9.17, 15) is 0 Å². The zero-order valence-electron chi connectivity index (χ0n) is 9.52. The summed E-state index contributed by atoms with van der Waals surface area (Å²) >= 11 is 0. The van der Waals surface area contributed by atoms with Gasteiger partial charge in [-0.25, -0.2) is 0 Å². The second kappa shape index (κ2) is 3.93. The maximum Gasteiger partial charge on any atom is 0.128 e. The topological polar surface area (TPSA) is 27.1 Å². The Kier molecular flexibility index (Phi) is 2.43. The Labute approximate surface area is 96.8 Å². The van der Waals surface area contributed by atoms with E-state index < -0.39 is 0 Å². The van der Waals surface area contributed by atoms with Crippen LogP contribution in [0.4, 0.5) is 0 Å². The van der Waals surface area contributed by atoms with Gasteiger partial charge in [0, 0.05) is 18.7 Å². The van der Waals surface area contributed by atoms with Crippen molar-refractivity contribution in [2.45, 2.75) is 19.3 Å². The standard InChI is InChI=1S/C14H18N2/c15-14(11-5-2-1-3-6-11)16-9-12-7-4-8-13(12)10-16/h1-3,5-6,12-13,15H,4,7-10H2. The van der Waals surface area contributed by atoms with Crippen molar-refractivity contribution in [2.24, 2.45) is 11.8 Å². The highest BCUT2D eigenvalue weighted by atomic mass is 15.2. The number of rotatable bonds is 1. The molecule has 84 valence electrons. The number of likely N-dealkylation sites (tertiary alicyclic amines) is 1. The number of hydrogen-bond donors (Lipinski definition) is 1. The first kappa shape index (κ1) is 9.88. The first-order chi connectivity index (χ1) is 7.84. The largest absolute Gasteiger partial charge is 0.356 e. The van der Waals surface area contributed by atoms with Crippen molar-refractivity contribution in [2.75, 3.05) is 13.1 Å². The van der Waals surface area contributed by atoms with Gasteiger partial charge in [0.1, 0.15) is 5.84 Å². The van der Waals surface area contributed by atoms with Crippen molar-refractivity contribution in [3.8, 4) is 0 Å². The van der Waals surface area contributed by atoms with Gasteiger partial charge >= 0.3 is 0 Å². The molecule has 0 spiro atoms. The van der Waals surface area contributed by atoms with Gasteiger partial charge in [-0.05, 0) is 24.7 Å². The SMILES string of the molecule is N=C(c1ccccc1)N1CC2CCCC2C1. The molecule has 1 N–H and O–H groups in total. The second-order valence-corrected chi connectivity index (χ2v) is 5.07. The van der Waals surface area contributed by atoms with Crippen molar-refractivity contribution in [3.05, 3.63) is 35.9 Å². The van der Waals surface area contributed by atoms with E-state index in [-0.39, 0.29) is 0 Å². The zero-order chi connectivity index (χ0) is 11.0. The predicted octanol–water partition coefficient (Wildman–Crippen LogP) is 2.74. The maximum atomic E-state index is 8.23. The van der Waals surface area contributed by atoms with Crippen LogP contribution in [0.1, 0.15) is 24.8 Å². The van der Waals surface area contributed by atoms with E-state index in [1.807, 2.05) is 30.3 Å². The molecule has 2 atom stereocenters. The predicted molar refractivity (Wildman–Crippen MR) is 65.7 cm³/mol. The molecule has 0 aromatic heterocycles. The van der Waals surface area contributed by atoms with Crippen molar-refractivity contribution in [1.29, 1.82) is 5.41 Å². The number of benzene rings is 1. The highest BCUT2D eigenvalue weighted by Gasteiger charge is 2.36. The Bertz CT molecular complexity index is 373. The van der Waals surface area contributed by atoms with E-state index in [1.54, 1.807) is 0 Å². The molecule has 1 saturated heterocycles. The smallest absolute Gasteiger partial charge is 0.128 e. The molecule has 2 nitrogen and oxygen atoms in total. The Morgan fingerprint density at radius 2 is 1.69 bits per heavy atom. The molecule has 1 aliphatic heterocycles. The van der Waals surface area contributed by atoms with Crippen molar-refractivity contribution < 1.29 is 0 Å². The molecule has 2 unspecified atom stereocenters. The first-order valence-electron chi connectivity index (χ1n) is 6.23. The minimum Gasteiger partial charge on any atom is -0.356 e. The number of hydrogen-bond acceptors (Lipinski definition) is 1. The van der Waals surface area contributed by atoms with Crippen LogP contribution < -0.4 is 0 Å². The second-order valence-electron chi connectivity index (χ2n) is 5.07. The molecule has 2 fully saturated rings. The van der Waals surface area contributed by atoms with E-state index in [2.05, 4.69) is 4.90 Å². The molecule has 1 heterocycles. The molecule has 0 radical (unpaired) electrons. The molecule has 2 aliphatic rings. The molecule has 1 aliphatic carbocycles. The van der Waals surface area contributed by atoms with Crippen LogP contribution in [0.15, 0.2) is 30.3 Å². The van der Waals surface area contributed by atoms with Gasteiger partial charge in [0.25, 0.3) is 0 Å². The van der Waals surface area contributed by atoms with Gasteiger partial charge in [-0.2, -0.15) is 0 Å². The fourth-order valence-corrected chi connectivity index (χ4v) is 3.20. The van der Waals surface area contributed by atoms with Gasteiger partial charge in [-0.15, -0.1) is 0 Å². The van der Waals surface area contributed by atoms with Crippen LogP contribution in [0.5, 0.6) is 0 Å². The van der Waals surface area contributed by atoms with Crippen molar-refractivity contribution in [3.63, 3.8) is 0 Å². The summed E-state index contributed by atoms with van der Waals surface area (Å²) in [5.41, 5.74) is 1.06. The van der Waals surface area contributed by atoms with Gasteiger partial charge in [-0.1, -0.05) is 36.8 Å². The fraction of sp³-hybridized carbons (Fsp3) is 0.500. The Hall–Kier alpha value is -1.31. The molecule has 0 amide bonds. The minimum atomic E-state index is 0.718. The summed E-state index contributed by atoms with van der Waals surface area (Å²) < 4.78 is 0. The summed E-state index contributed by atoms with van der Waals surface area (Å²) in [6, 6.07) is 10.1. The van der Waals surface area contributed by atoms with Crippen LogP contribution in [-0.4, -0.2) is 23.8 Å². The summed E-state index contributed by atoms with van der Waals surface area (Å²) in [4.78, 5) is 2.27. The van der Waals surface area contributed by atoms with Crippen LogP contribution in [0.2, 0.25) is 0 Å². The third-order valence-electron chi connectivity index (χ3n) is 4.09. The fourth-order valence-electron chi connectivity index (χ4n) is 3.20. The molecule has 1 aromatic carbocycles. The summed E-state index contributed by atoms with van der Waals surface area (Å²) in [6.07, 6.45) is 4.16. The normalized spacial score (nSPS) is 28.1. The maximum absolute atomic E-state index is 8.23. The highest BCUT2D eigenvalue weighted by molar-refractivity contribution is 5.96. The lowest BCUT2D eigenvalue weighted by atomic mass is 10.0. The van der Waals surface area contributed by atoms with Crippen molar-refractivity contribution in [1.82, 2.24) is 4.90 Å². The molecule has 1 saturated carbocycles. The van der Waals surface area contributed by atoms with Gasteiger partial charge in [0.2, 0.25) is 0 Å². The van der Waals surface area contributed by atoms with E-state index in [0.29, 0.717) is 0 Å². The zero-order valence-corrected chi connectivity index (χ0v) is 9.52. The lowest BCUT2D eigenvalue weighted by Crippen LogP contribution is -2.29. The molecule has 0 bridgehead atoms. The lowest BCUT2D eigenvalue weighted by molar-refractivity contribution is 0.462. The monoisotopic (exact) mass is 214 g/mol. The third kappa shape index (κ3) is 1.62. The quantitative estimate of drug-likeness (QED) is 0.565. The van der Waals surface area contributed by atoms with Crippen LogP contribution >= 0.6 is 0 Å². The van der Waals surface area contributed by atoms with Crippen molar-refractivity contribution >= 4 is 5.84 Å². The summed E-state index contributed by atoms with van der Waals surface area (Å²) in [7, 11) is 0. The van der Waals surface area contributed by atoms with Gasteiger partial charge in [0.05, 0.1) is 0 Å². The number of nitrogens with zero attached hydrogens (tertiary/aromatic N) is 1. The molecule has 1 aromatic rings. The number of amidine groups is 1. The Morgan fingerprint density at radius 1 is 1.06 bits per heavy atom. The molecule has 2 heteroatoms. The lowest BCUT2D eigenvalue weighted by Gasteiger charge is -2.20. The van der Waals surface area contributed by atoms with Crippen LogP contribution in [0, 0.1) is 17.2 Å². The summed E-state index contributed by atoms with van der Waals surface area (Å²) in [5, 5.41) is 8.23. The number of nitrogens with one attached hydrogen (secondary N) is 1. The molecule has 3 rings (SSSR count). The van der Waals surface area contributed by atoms with E-state index in [4.69, 9.17) is 5.41 Å². The average Bonchev–Trinajstić information content (AvgIpc) is 2.89. The van der Waals surface area contributed by atoms with E-state index >= 15 is 0 Å². The van der Waals surface area contributed by atoms with E-state index in [1.165, 1.54) is 19.3 Å². The van der Waals surface area contributed by atoms with Crippen LogP contribution in [-0.2, 0) is 0 Å². The first-order valence-corrected chi connectivity index (χ1v) is 6.23. The van der Waals surface area contributed by atoms with E-state index in [0.717, 1.165) is 36.3 Å². The van der Waals surface area contributed by atoms with Gasteiger partial charge in [0.15, 0.2) is 0 Å². The van der Waals surface area contributed by atoms with Crippen LogP contribution in [0.3, 0.4) is 0 Å². The summed E-state index contributed by atoms with van der Waals surface area (Å²) in [5.74, 6) is 2.45. The Balaban J connectivity index is 1.73. The Morgan fingerprint density at radius 3 is 2.31 bits per heavy atom. The average molecular weight is 214 g/mol. The van der Waals surface area contributed by atoms with Gasteiger partial charge < -0.3 is 4.90 Å². The van der Waals surface area contributed by atoms with Gasteiger partial charge in [-0.3, -0.25) is 5.41 Å². The summed E-state index contributed by atoms with van der Waals surface area (Å²) in [6.45, 7) is 2.22. The van der Waals surface area contributed by atoms with Crippen LogP contribution in [0.25, 0.3) is 0 Å². The highest BCUT2D eigenvalue weighted by Crippen LogP contribution is 2.38. The molecular formula is C14H18N2. The third-order valence-corrected chi connectivity index (χ3v) is 4.09.